The standard InChI is InChI=1S/C13H9BrF2IN/c14-7-1-4-11(16)10(5-7)13(18)9-3-2-8(15)6-12(9)17/h1-6,13H,18H2. The molecule has 2 N–H and O–H groups in total. The van der Waals surface area contributed by atoms with Gasteiger partial charge in [-0.2, -0.15) is 0 Å². The maximum Gasteiger partial charge on any atom is 0.128 e. The van der Waals surface area contributed by atoms with Gasteiger partial charge in [0, 0.05) is 13.6 Å². The Balaban J connectivity index is 2.47. The van der Waals surface area contributed by atoms with Crippen molar-refractivity contribution in [3.05, 3.63) is 67.2 Å². The topological polar surface area (TPSA) is 26.0 Å². The van der Waals surface area contributed by atoms with Gasteiger partial charge < -0.3 is 5.73 Å². The molecule has 2 aromatic carbocycles. The van der Waals surface area contributed by atoms with Gasteiger partial charge in [0.2, 0.25) is 0 Å². The predicted octanol–water partition coefficient (Wildman–Crippen LogP) is 4.38. The van der Waals surface area contributed by atoms with E-state index < -0.39 is 6.04 Å². The molecule has 0 spiro atoms. The van der Waals surface area contributed by atoms with E-state index in [-0.39, 0.29) is 11.6 Å². The Morgan fingerprint density at radius 1 is 1.06 bits per heavy atom. The highest BCUT2D eigenvalue weighted by atomic mass is 127. The molecule has 1 nitrogen and oxygen atoms in total. The molecule has 0 aromatic heterocycles. The van der Waals surface area contributed by atoms with Gasteiger partial charge in [-0.1, -0.05) is 22.0 Å². The molecule has 5 heteroatoms. The quantitative estimate of drug-likeness (QED) is 0.712. The third kappa shape index (κ3) is 2.89. The summed E-state index contributed by atoms with van der Waals surface area (Å²) < 4.78 is 28.2. The molecule has 18 heavy (non-hydrogen) atoms. The first-order valence-corrected chi connectivity index (χ1v) is 7.01. The van der Waals surface area contributed by atoms with E-state index in [0.29, 0.717) is 14.7 Å². The van der Waals surface area contributed by atoms with Crippen LogP contribution >= 0.6 is 38.5 Å². The molecule has 2 aromatic rings. The molecular formula is C13H9BrF2IN. The molecule has 2 rings (SSSR count). The van der Waals surface area contributed by atoms with Crippen LogP contribution in [0.3, 0.4) is 0 Å². The summed E-state index contributed by atoms with van der Waals surface area (Å²) >= 11 is 5.28. The van der Waals surface area contributed by atoms with Crippen LogP contribution in [0.25, 0.3) is 0 Å². The lowest BCUT2D eigenvalue weighted by Gasteiger charge is -2.15. The second-order valence-corrected chi connectivity index (χ2v) is 5.89. The van der Waals surface area contributed by atoms with E-state index in [4.69, 9.17) is 5.73 Å². The van der Waals surface area contributed by atoms with Crippen LogP contribution in [0.5, 0.6) is 0 Å². The maximum absolute atomic E-state index is 13.7. The fraction of sp³-hybridized carbons (Fsp3) is 0.0769. The minimum Gasteiger partial charge on any atom is -0.320 e. The number of rotatable bonds is 2. The van der Waals surface area contributed by atoms with E-state index in [0.717, 1.165) is 4.47 Å². The molecule has 0 amide bonds. The van der Waals surface area contributed by atoms with Crippen LogP contribution in [0, 0.1) is 15.2 Å². The van der Waals surface area contributed by atoms with Gasteiger partial charge in [-0.3, -0.25) is 0 Å². The first-order chi connectivity index (χ1) is 8.49. The second-order valence-electron chi connectivity index (χ2n) is 3.81. The van der Waals surface area contributed by atoms with Gasteiger partial charge in [0.05, 0.1) is 6.04 Å². The van der Waals surface area contributed by atoms with Crippen molar-refractivity contribution in [1.29, 1.82) is 0 Å². The minimum absolute atomic E-state index is 0.329. The van der Waals surface area contributed by atoms with Gasteiger partial charge >= 0.3 is 0 Å². The van der Waals surface area contributed by atoms with Crippen molar-refractivity contribution in [3.63, 3.8) is 0 Å². The largest absolute Gasteiger partial charge is 0.320 e. The summed E-state index contributed by atoms with van der Waals surface area (Å²) in [6.45, 7) is 0. The lowest BCUT2D eigenvalue weighted by atomic mass is 9.99. The van der Waals surface area contributed by atoms with Crippen molar-refractivity contribution in [2.45, 2.75) is 6.04 Å². The number of hydrogen-bond acceptors (Lipinski definition) is 1. The summed E-state index contributed by atoms with van der Waals surface area (Å²) in [6.07, 6.45) is 0. The molecule has 1 atom stereocenters. The Labute approximate surface area is 126 Å². The van der Waals surface area contributed by atoms with Crippen molar-refractivity contribution < 1.29 is 8.78 Å². The zero-order valence-electron chi connectivity index (χ0n) is 9.13. The number of benzene rings is 2. The van der Waals surface area contributed by atoms with Crippen LogP contribution in [0.2, 0.25) is 0 Å². The van der Waals surface area contributed by atoms with Gasteiger partial charge in [0.15, 0.2) is 0 Å². The van der Waals surface area contributed by atoms with E-state index in [1.165, 1.54) is 18.2 Å². The van der Waals surface area contributed by atoms with Gasteiger partial charge in [-0.25, -0.2) is 8.78 Å². The normalized spacial score (nSPS) is 12.5. The highest BCUT2D eigenvalue weighted by Crippen LogP contribution is 2.28. The second kappa shape index (κ2) is 5.63. The third-order valence-electron chi connectivity index (χ3n) is 2.59. The van der Waals surface area contributed by atoms with Crippen molar-refractivity contribution in [1.82, 2.24) is 0 Å². The highest BCUT2D eigenvalue weighted by molar-refractivity contribution is 14.1. The summed E-state index contributed by atoms with van der Waals surface area (Å²) in [6, 6.07) is 8.28. The van der Waals surface area contributed by atoms with Crippen LogP contribution in [0.15, 0.2) is 40.9 Å². The smallest absolute Gasteiger partial charge is 0.128 e. The van der Waals surface area contributed by atoms with Crippen molar-refractivity contribution in [3.8, 4) is 0 Å². The predicted molar refractivity (Wildman–Crippen MR) is 79.2 cm³/mol. The number of hydrogen-bond donors (Lipinski definition) is 1. The molecule has 0 saturated heterocycles. The van der Waals surface area contributed by atoms with E-state index in [2.05, 4.69) is 15.9 Å². The van der Waals surface area contributed by atoms with Crippen molar-refractivity contribution in [2.75, 3.05) is 0 Å². The fourth-order valence-electron chi connectivity index (χ4n) is 1.67. The molecule has 0 saturated carbocycles. The van der Waals surface area contributed by atoms with Crippen molar-refractivity contribution in [2.24, 2.45) is 5.73 Å². The zero-order chi connectivity index (χ0) is 13.3. The molecule has 1 unspecified atom stereocenters. The van der Waals surface area contributed by atoms with Crippen LogP contribution in [-0.4, -0.2) is 0 Å². The lowest BCUT2D eigenvalue weighted by Crippen LogP contribution is -2.15. The Hall–Kier alpha value is -0.530. The average molecular weight is 424 g/mol. The third-order valence-corrected chi connectivity index (χ3v) is 4.02. The van der Waals surface area contributed by atoms with Gasteiger partial charge in [-0.15, -0.1) is 0 Å². The number of nitrogens with two attached hydrogens (primary N) is 1. The van der Waals surface area contributed by atoms with E-state index in [9.17, 15) is 8.78 Å². The summed E-state index contributed by atoms with van der Waals surface area (Å²) in [7, 11) is 0. The monoisotopic (exact) mass is 423 g/mol. The summed E-state index contributed by atoms with van der Waals surface area (Å²) in [5, 5.41) is 0. The zero-order valence-corrected chi connectivity index (χ0v) is 12.9. The van der Waals surface area contributed by atoms with Crippen LogP contribution in [0.1, 0.15) is 17.2 Å². The summed E-state index contributed by atoms with van der Waals surface area (Å²) in [5.74, 6) is -0.698. The van der Waals surface area contributed by atoms with E-state index in [1.54, 1.807) is 18.2 Å². The summed E-state index contributed by atoms with van der Waals surface area (Å²) in [4.78, 5) is 0. The van der Waals surface area contributed by atoms with E-state index in [1.807, 2.05) is 22.6 Å². The molecule has 0 aliphatic rings. The van der Waals surface area contributed by atoms with Gasteiger partial charge in [-0.05, 0) is 58.5 Å². The van der Waals surface area contributed by atoms with Crippen LogP contribution in [0.4, 0.5) is 8.78 Å². The summed E-state index contributed by atoms with van der Waals surface area (Å²) in [5.41, 5.74) is 7.13. The molecule has 94 valence electrons. The molecular weight excluding hydrogens is 415 g/mol. The Morgan fingerprint density at radius 2 is 1.78 bits per heavy atom. The fourth-order valence-corrected chi connectivity index (χ4v) is 2.87. The average Bonchev–Trinajstić information content (AvgIpc) is 2.31. The molecule has 0 bridgehead atoms. The molecule has 0 aliphatic carbocycles. The number of halogens is 4. The minimum atomic E-state index is -0.616. The maximum atomic E-state index is 13.7. The Morgan fingerprint density at radius 3 is 2.44 bits per heavy atom. The Kier molecular flexibility index (Phi) is 4.34. The van der Waals surface area contributed by atoms with Gasteiger partial charge in [0.1, 0.15) is 11.6 Å². The first kappa shape index (κ1) is 13.9. The van der Waals surface area contributed by atoms with Crippen LogP contribution < -0.4 is 5.73 Å². The van der Waals surface area contributed by atoms with Gasteiger partial charge in [0.25, 0.3) is 0 Å². The molecule has 0 heterocycles. The van der Waals surface area contributed by atoms with E-state index >= 15 is 0 Å². The molecule has 0 aliphatic heterocycles. The molecule has 0 radical (unpaired) electrons. The SMILES string of the molecule is NC(c1cc(Br)ccc1F)c1ccc(F)cc1I. The Bertz CT molecular complexity index is 589. The first-order valence-electron chi connectivity index (χ1n) is 5.14. The highest BCUT2D eigenvalue weighted by Gasteiger charge is 2.16. The molecule has 0 fully saturated rings. The lowest BCUT2D eigenvalue weighted by molar-refractivity contribution is 0.597. The van der Waals surface area contributed by atoms with Crippen LogP contribution in [-0.2, 0) is 0 Å². The van der Waals surface area contributed by atoms with Crippen molar-refractivity contribution >= 4 is 38.5 Å².